The monoisotopic (exact) mass is 414 g/mol. The van der Waals surface area contributed by atoms with Gasteiger partial charge in [-0.25, -0.2) is 4.79 Å². The zero-order chi connectivity index (χ0) is 22.3. The van der Waals surface area contributed by atoms with Gasteiger partial charge in [0.15, 0.2) is 6.10 Å². The number of hydrogen-bond acceptors (Lipinski definition) is 6. The average Bonchev–Trinajstić information content (AvgIpc) is 2.73. The quantitative estimate of drug-likeness (QED) is 0.644. The van der Waals surface area contributed by atoms with Gasteiger partial charge in [-0.15, -0.1) is 0 Å². The number of hydrogen-bond donors (Lipinski definition) is 2. The highest BCUT2D eigenvalue weighted by atomic mass is 16.5. The fourth-order valence-corrected chi connectivity index (χ4v) is 2.76. The summed E-state index contributed by atoms with van der Waals surface area (Å²) in [5.74, 6) is -0.978. The predicted molar refractivity (Wildman–Crippen MR) is 112 cm³/mol. The standard InChI is InChI=1S/C22H26N2O6/c1-13-7-6-8-14(2)20(13)24-19(25)12-23-21(26)15(3)30-22(27)17-11-16(28-4)9-10-18(17)29-5/h6-11,15H,12H2,1-5H3,(H,23,26)(H,24,25). The Kier molecular flexibility index (Phi) is 7.80. The average molecular weight is 414 g/mol. The number of benzene rings is 2. The van der Waals surface area contributed by atoms with E-state index in [9.17, 15) is 14.4 Å². The van der Waals surface area contributed by atoms with Gasteiger partial charge in [0, 0.05) is 5.69 Å². The third kappa shape index (κ3) is 5.73. The Labute approximate surface area is 175 Å². The lowest BCUT2D eigenvalue weighted by atomic mass is 10.1. The Morgan fingerprint density at radius 2 is 1.67 bits per heavy atom. The molecule has 0 aliphatic carbocycles. The normalized spacial score (nSPS) is 11.2. The van der Waals surface area contributed by atoms with Gasteiger partial charge >= 0.3 is 5.97 Å². The van der Waals surface area contributed by atoms with Crippen molar-refractivity contribution < 1.29 is 28.6 Å². The number of esters is 1. The highest BCUT2D eigenvalue weighted by Gasteiger charge is 2.22. The first-order chi connectivity index (χ1) is 14.3. The number of ether oxygens (including phenoxy) is 3. The first kappa shape index (κ1) is 22.7. The first-order valence-corrected chi connectivity index (χ1v) is 9.33. The summed E-state index contributed by atoms with van der Waals surface area (Å²) in [6.07, 6.45) is -1.11. The number of para-hydroxylation sites is 1. The molecule has 2 aromatic carbocycles. The van der Waals surface area contributed by atoms with Gasteiger partial charge in [0.25, 0.3) is 5.91 Å². The molecule has 2 N–H and O–H groups in total. The molecule has 8 nitrogen and oxygen atoms in total. The molecular formula is C22H26N2O6. The summed E-state index contributed by atoms with van der Waals surface area (Å²) in [4.78, 5) is 36.9. The zero-order valence-electron chi connectivity index (χ0n) is 17.7. The minimum Gasteiger partial charge on any atom is -0.497 e. The van der Waals surface area contributed by atoms with Crippen molar-refractivity contribution in [1.82, 2.24) is 5.32 Å². The van der Waals surface area contributed by atoms with Crippen LogP contribution in [0.3, 0.4) is 0 Å². The van der Waals surface area contributed by atoms with Crippen LogP contribution in [0.25, 0.3) is 0 Å². The minimum absolute atomic E-state index is 0.129. The minimum atomic E-state index is -1.11. The summed E-state index contributed by atoms with van der Waals surface area (Å²) in [7, 11) is 2.89. The van der Waals surface area contributed by atoms with Crippen LogP contribution in [0.5, 0.6) is 11.5 Å². The van der Waals surface area contributed by atoms with E-state index < -0.39 is 18.0 Å². The number of carbonyl (C=O) groups is 3. The summed E-state index contributed by atoms with van der Waals surface area (Å²) in [5, 5.41) is 5.24. The van der Waals surface area contributed by atoms with Crippen molar-refractivity contribution in [2.75, 3.05) is 26.1 Å². The fraction of sp³-hybridized carbons (Fsp3) is 0.318. The van der Waals surface area contributed by atoms with Crippen LogP contribution in [0, 0.1) is 13.8 Å². The lowest BCUT2D eigenvalue weighted by molar-refractivity contribution is -0.130. The molecule has 0 spiro atoms. The molecule has 0 aromatic heterocycles. The second kappa shape index (κ2) is 10.3. The molecule has 0 heterocycles. The summed E-state index contributed by atoms with van der Waals surface area (Å²) in [5.41, 5.74) is 2.68. The highest BCUT2D eigenvalue weighted by molar-refractivity contribution is 5.97. The summed E-state index contributed by atoms with van der Waals surface area (Å²) < 4.78 is 15.5. The second-order valence-electron chi connectivity index (χ2n) is 6.65. The summed E-state index contributed by atoms with van der Waals surface area (Å²) in [6, 6.07) is 10.3. The third-order valence-electron chi connectivity index (χ3n) is 4.45. The van der Waals surface area contributed by atoms with Crippen molar-refractivity contribution in [2.45, 2.75) is 26.9 Å². The number of aryl methyl sites for hydroxylation is 2. The number of carbonyl (C=O) groups excluding carboxylic acids is 3. The van der Waals surface area contributed by atoms with Crippen LogP contribution >= 0.6 is 0 Å². The maximum absolute atomic E-state index is 12.4. The third-order valence-corrected chi connectivity index (χ3v) is 4.45. The number of rotatable bonds is 8. The number of amides is 2. The number of anilines is 1. The van der Waals surface area contributed by atoms with E-state index in [1.165, 1.54) is 27.2 Å². The predicted octanol–water partition coefficient (Wildman–Crippen LogP) is 2.62. The molecule has 2 rings (SSSR count). The smallest absolute Gasteiger partial charge is 0.342 e. The van der Waals surface area contributed by atoms with Gasteiger partial charge in [-0.05, 0) is 50.1 Å². The molecule has 0 saturated carbocycles. The van der Waals surface area contributed by atoms with Crippen molar-refractivity contribution in [3.05, 3.63) is 53.1 Å². The van der Waals surface area contributed by atoms with Gasteiger partial charge in [0.2, 0.25) is 5.91 Å². The van der Waals surface area contributed by atoms with Crippen LogP contribution in [0.4, 0.5) is 5.69 Å². The maximum Gasteiger partial charge on any atom is 0.342 e. The molecule has 0 saturated heterocycles. The molecule has 0 radical (unpaired) electrons. The van der Waals surface area contributed by atoms with E-state index >= 15 is 0 Å². The Balaban J connectivity index is 1.93. The zero-order valence-corrected chi connectivity index (χ0v) is 17.7. The molecule has 0 aliphatic rings. The van der Waals surface area contributed by atoms with Gasteiger partial charge in [0.05, 0.1) is 20.8 Å². The van der Waals surface area contributed by atoms with Crippen LogP contribution in [-0.4, -0.2) is 44.7 Å². The molecule has 1 atom stereocenters. The number of nitrogens with one attached hydrogen (secondary N) is 2. The van der Waals surface area contributed by atoms with Crippen molar-refractivity contribution >= 4 is 23.5 Å². The van der Waals surface area contributed by atoms with Crippen molar-refractivity contribution in [3.63, 3.8) is 0 Å². The van der Waals surface area contributed by atoms with Gasteiger partial charge in [-0.2, -0.15) is 0 Å². The molecule has 160 valence electrons. The lowest BCUT2D eigenvalue weighted by Gasteiger charge is -2.16. The summed E-state index contributed by atoms with van der Waals surface area (Å²) >= 11 is 0. The molecule has 0 aliphatic heterocycles. The molecule has 0 fully saturated rings. The van der Waals surface area contributed by atoms with Crippen LogP contribution < -0.4 is 20.1 Å². The Morgan fingerprint density at radius 3 is 2.27 bits per heavy atom. The van der Waals surface area contributed by atoms with Crippen LogP contribution in [0.2, 0.25) is 0 Å². The van der Waals surface area contributed by atoms with Crippen molar-refractivity contribution in [1.29, 1.82) is 0 Å². The van der Waals surface area contributed by atoms with Crippen LogP contribution in [0.15, 0.2) is 36.4 Å². The van der Waals surface area contributed by atoms with Crippen LogP contribution in [-0.2, 0) is 14.3 Å². The van der Waals surface area contributed by atoms with Crippen molar-refractivity contribution in [3.8, 4) is 11.5 Å². The molecule has 2 aromatic rings. The topological polar surface area (TPSA) is 103 Å². The molecule has 0 bridgehead atoms. The second-order valence-corrected chi connectivity index (χ2v) is 6.65. The number of methoxy groups -OCH3 is 2. The van der Waals surface area contributed by atoms with E-state index in [1.54, 1.807) is 12.1 Å². The SMILES string of the molecule is COc1ccc(OC)c(C(=O)OC(C)C(=O)NCC(=O)Nc2c(C)cccc2C)c1. The summed E-state index contributed by atoms with van der Waals surface area (Å²) in [6.45, 7) is 4.94. The molecule has 1 unspecified atom stereocenters. The first-order valence-electron chi connectivity index (χ1n) is 9.33. The van der Waals surface area contributed by atoms with Gasteiger partial charge in [0.1, 0.15) is 17.1 Å². The van der Waals surface area contributed by atoms with E-state index in [0.29, 0.717) is 17.2 Å². The molecule has 2 amide bonds. The highest BCUT2D eigenvalue weighted by Crippen LogP contribution is 2.25. The molecular weight excluding hydrogens is 388 g/mol. The largest absolute Gasteiger partial charge is 0.497 e. The van der Waals surface area contributed by atoms with E-state index in [2.05, 4.69) is 10.6 Å². The van der Waals surface area contributed by atoms with Crippen molar-refractivity contribution in [2.24, 2.45) is 0 Å². The van der Waals surface area contributed by atoms with E-state index in [4.69, 9.17) is 14.2 Å². The van der Waals surface area contributed by atoms with Crippen LogP contribution in [0.1, 0.15) is 28.4 Å². The molecule has 30 heavy (non-hydrogen) atoms. The van der Waals surface area contributed by atoms with E-state index in [-0.39, 0.29) is 18.0 Å². The maximum atomic E-state index is 12.4. The lowest BCUT2D eigenvalue weighted by Crippen LogP contribution is -2.40. The Hall–Kier alpha value is -3.55. The van der Waals surface area contributed by atoms with Gasteiger partial charge < -0.3 is 24.8 Å². The van der Waals surface area contributed by atoms with Gasteiger partial charge in [-0.3, -0.25) is 9.59 Å². The van der Waals surface area contributed by atoms with Gasteiger partial charge in [-0.1, -0.05) is 18.2 Å². The molecule has 8 heteroatoms. The Morgan fingerprint density at radius 1 is 1.00 bits per heavy atom. The van der Waals surface area contributed by atoms with E-state index in [0.717, 1.165) is 11.1 Å². The fourth-order valence-electron chi connectivity index (χ4n) is 2.76. The van der Waals surface area contributed by atoms with E-state index in [1.807, 2.05) is 32.0 Å². The Bertz CT molecular complexity index is 921.